The van der Waals surface area contributed by atoms with Crippen molar-refractivity contribution in [3.63, 3.8) is 0 Å². The predicted octanol–water partition coefficient (Wildman–Crippen LogP) is 6.25. The Morgan fingerprint density at radius 2 is 1.56 bits per heavy atom. The van der Waals surface area contributed by atoms with Crippen molar-refractivity contribution in [3.05, 3.63) is 28.8 Å². The molecule has 3 fully saturated rings. The van der Waals surface area contributed by atoms with Crippen molar-refractivity contribution in [1.82, 2.24) is 9.80 Å². The van der Waals surface area contributed by atoms with Crippen molar-refractivity contribution in [1.29, 1.82) is 0 Å². The number of carbonyl (C=O) groups excluding carboxylic acids is 1. The molecule has 0 saturated carbocycles. The zero-order chi connectivity index (χ0) is 26.1. The maximum Gasteiger partial charge on any atom is 0.434 e. The lowest BCUT2D eigenvalue weighted by Crippen LogP contribution is -2.50. The van der Waals surface area contributed by atoms with Gasteiger partial charge in [-0.25, -0.2) is 4.79 Å². The number of rotatable bonds is 4. The lowest BCUT2D eigenvalue weighted by atomic mass is 9.78. The minimum Gasteiger partial charge on any atom is -0.426 e. The smallest absolute Gasteiger partial charge is 0.426 e. The molecule has 0 radical (unpaired) electrons. The minimum atomic E-state index is -5.72. The fraction of sp³-hybridized carbons (Fsp3) is 0.708. The number of ether oxygens (including phenoxy) is 1. The van der Waals surface area contributed by atoms with Crippen molar-refractivity contribution in [2.45, 2.75) is 63.5 Å². The Bertz CT molecular complexity index is 913. The topological polar surface area (TPSA) is 36.0 Å². The van der Waals surface area contributed by atoms with Gasteiger partial charge in [0.15, 0.2) is 0 Å². The second kappa shape index (κ2) is 10.5. The van der Waals surface area contributed by atoms with E-state index in [9.17, 15) is 31.1 Å². The number of piperidine rings is 2. The molecule has 36 heavy (non-hydrogen) atoms. The second-order valence-electron chi connectivity index (χ2n) is 10.1. The van der Waals surface area contributed by atoms with Crippen molar-refractivity contribution in [2.75, 3.05) is 44.2 Å². The van der Waals surface area contributed by atoms with Crippen LogP contribution in [-0.2, 0) is 11.3 Å². The van der Waals surface area contributed by atoms with E-state index in [1.165, 1.54) is 6.42 Å². The fourth-order valence-electron chi connectivity index (χ4n) is 5.63. The van der Waals surface area contributed by atoms with E-state index < -0.39 is 24.5 Å². The molecule has 1 spiro atoms. The van der Waals surface area contributed by atoms with Gasteiger partial charge in [-0.1, -0.05) is 23.7 Å². The molecule has 3 aliphatic rings. The number of para-hydroxylation sites is 1. The van der Waals surface area contributed by atoms with E-state index in [0.717, 1.165) is 66.6 Å². The lowest BCUT2D eigenvalue weighted by molar-refractivity contribution is -0.308. The molecule has 3 aliphatic heterocycles. The van der Waals surface area contributed by atoms with Gasteiger partial charge in [-0.3, -0.25) is 4.90 Å². The van der Waals surface area contributed by atoms with Crippen LogP contribution in [0.4, 0.5) is 36.8 Å². The molecule has 3 heterocycles. The molecule has 0 aromatic heterocycles. The van der Waals surface area contributed by atoms with Crippen molar-refractivity contribution < 1.29 is 35.9 Å². The third kappa shape index (κ3) is 6.15. The van der Waals surface area contributed by atoms with Gasteiger partial charge in [0.05, 0.1) is 10.7 Å². The number of likely N-dealkylation sites (tertiary alicyclic amines) is 2. The maximum atomic E-state index is 12.7. The number of hydrogen-bond donors (Lipinski definition) is 0. The summed E-state index contributed by atoms with van der Waals surface area (Å²) in [4.78, 5) is 17.7. The Kier molecular flexibility index (Phi) is 7.90. The van der Waals surface area contributed by atoms with Crippen LogP contribution in [0.3, 0.4) is 0 Å². The summed E-state index contributed by atoms with van der Waals surface area (Å²) < 4.78 is 80.3. The van der Waals surface area contributed by atoms with Crippen LogP contribution in [0.5, 0.6) is 0 Å². The van der Waals surface area contributed by atoms with Gasteiger partial charge in [0.25, 0.3) is 6.10 Å². The van der Waals surface area contributed by atoms with E-state index in [4.69, 9.17) is 11.6 Å². The van der Waals surface area contributed by atoms with E-state index in [2.05, 4.69) is 20.6 Å². The first-order valence-corrected chi connectivity index (χ1v) is 12.6. The summed E-state index contributed by atoms with van der Waals surface area (Å²) in [6.07, 6.45) is -11.8. The van der Waals surface area contributed by atoms with Gasteiger partial charge in [0.1, 0.15) is 0 Å². The molecule has 5 nitrogen and oxygen atoms in total. The van der Waals surface area contributed by atoms with Gasteiger partial charge in [-0.2, -0.15) is 26.3 Å². The van der Waals surface area contributed by atoms with E-state index in [-0.39, 0.29) is 18.5 Å². The van der Waals surface area contributed by atoms with Crippen LogP contribution in [0.1, 0.15) is 44.1 Å². The number of alkyl halides is 6. The van der Waals surface area contributed by atoms with Crippen molar-refractivity contribution >= 4 is 23.4 Å². The Morgan fingerprint density at radius 1 is 0.944 bits per heavy atom. The predicted molar refractivity (Wildman–Crippen MR) is 123 cm³/mol. The molecule has 0 N–H and O–H groups in total. The van der Waals surface area contributed by atoms with Gasteiger partial charge >= 0.3 is 18.4 Å². The Labute approximate surface area is 211 Å². The summed E-state index contributed by atoms with van der Waals surface area (Å²) in [6, 6.07) is 5.92. The van der Waals surface area contributed by atoms with Crippen LogP contribution >= 0.6 is 11.6 Å². The molecule has 0 unspecified atom stereocenters. The van der Waals surface area contributed by atoms with Crippen molar-refractivity contribution in [2.24, 2.45) is 5.41 Å². The highest BCUT2D eigenvalue weighted by molar-refractivity contribution is 6.33. The maximum absolute atomic E-state index is 12.7. The van der Waals surface area contributed by atoms with Crippen LogP contribution in [0, 0.1) is 5.41 Å². The standard InChI is InChI=1S/C24H30ClF6N3O2/c25-18-6-4-5-17(19(18)33-10-2-1-3-11-33)15-32-12-7-22(16-32)8-13-34(14-9-22)21(35)36-20(23(26,27)28)24(29,30)31/h4-6,20H,1-3,7-16H2. The first kappa shape index (κ1) is 27.2. The average molecular weight is 542 g/mol. The summed E-state index contributed by atoms with van der Waals surface area (Å²) in [5, 5.41) is 0.728. The molecule has 4 rings (SSSR count). The molecular formula is C24H30ClF6N3O2. The van der Waals surface area contributed by atoms with Gasteiger partial charge < -0.3 is 14.5 Å². The van der Waals surface area contributed by atoms with Gasteiger partial charge in [-0.15, -0.1) is 0 Å². The minimum absolute atomic E-state index is 0.0608. The second-order valence-corrected chi connectivity index (χ2v) is 10.5. The fourth-order valence-corrected chi connectivity index (χ4v) is 5.94. The highest BCUT2D eigenvalue weighted by Gasteiger charge is 2.60. The van der Waals surface area contributed by atoms with Gasteiger partial charge in [0, 0.05) is 39.3 Å². The number of benzene rings is 1. The normalized spacial score (nSPS) is 21.4. The van der Waals surface area contributed by atoms with E-state index in [0.29, 0.717) is 19.4 Å². The molecule has 3 saturated heterocycles. The summed E-state index contributed by atoms with van der Waals surface area (Å²) in [5.41, 5.74) is 2.09. The number of carbonyl (C=O) groups is 1. The summed E-state index contributed by atoms with van der Waals surface area (Å²) >= 11 is 6.58. The molecule has 1 amide bonds. The van der Waals surface area contributed by atoms with Crippen LogP contribution < -0.4 is 4.90 Å². The van der Waals surface area contributed by atoms with Crippen LogP contribution in [-0.4, -0.2) is 73.6 Å². The summed E-state index contributed by atoms with van der Waals surface area (Å²) in [6.45, 7) is 4.33. The van der Waals surface area contributed by atoms with Crippen LogP contribution in [0.15, 0.2) is 18.2 Å². The Balaban J connectivity index is 1.35. The van der Waals surface area contributed by atoms with E-state index in [1.807, 2.05) is 12.1 Å². The number of amides is 1. The summed E-state index contributed by atoms with van der Waals surface area (Å²) in [7, 11) is 0. The highest BCUT2D eigenvalue weighted by Crippen LogP contribution is 2.43. The monoisotopic (exact) mass is 541 g/mol. The van der Waals surface area contributed by atoms with Gasteiger partial charge in [-0.05, 0) is 62.1 Å². The first-order valence-electron chi connectivity index (χ1n) is 12.2. The van der Waals surface area contributed by atoms with E-state index in [1.54, 1.807) is 0 Å². The summed E-state index contributed by atoms with van der Waals surface area (Å²) in [5.74, 6) is 0. The zero-order valence-corrected chi connectivity index (χ0v) is 20.6. The SMILES string of the molecule is O=C(OC(C(F)(F)F)C(F)(F)F)N1CCC2(CCN(Cc3cccc(Cl)c3N3CCCCC3)C2)CC1. The van der Waals surface area contributed by atoms with Crippen LogP contribution in [0.25, 0.3) is 0 Å². The largest absolute Gasteiger partial charge is 0.434 e. The number of hydrogen-bond acceptors (Lipinski definition) is 4. The highest BCUT2D eigenvalue weighted by atomic mass is 35.5. The quantitative estimate of drug-likeness (QED) is 0.422. The third-order valence-corrected chi connectivity index (χ3v) is 7.85. The zero-order valence-electron chi connectivity index (χ0n) is 19.8. The van der Waals surface area contributed by atoms with E-state index >= 15 is 0 Å². The number of nitrogens with zero attached hydrogens (tertiary/aromatic N) is 3. The molecule has 202 valence electrons. The molecular weight excluding hydrogens is 512 g/mol. The van der Waals surface area contributed by atoms with Crippen LogP contribution in [0.2, 0.25) is 5.02 Å². The third-order valence-electron chi connectivity index (χ3n) is 7.55. The molecule has 0 aliphatic carbocycles. The molecule has 0 atom stereocenters. The molecule has 0 bridgehead atoms. The number of halogens is 7. The molecule has 1 aromatic rings. The first-order chi connectivity index (χ1) is 16.9. The molecule has 12 heteroatoms. The average Bonchev–Trinajstić information content (AvgIpc) is 3.18. The van der Waals surface area contributed by atoms with Crippen molar-refractivity contribution in [3.8, 4) is 0 Å². The lowest BCUT2D eigenvalue weighted by Gasteiger charge is -2.39. The van der Waals surface area contributed by atoms with Gasteiger partial charge in [0.2, 0.25) is 0 Å². The Hall–Kier alpha value is -1.88. The Morgan fingerprint density at radius 3 is 2.17 bits per heavy atom. The number of anilines is 1. The molecule has 1 aromatic carbocycles.